The summed E-state index contributed by atoms with van der Waals surface area (Å²) in [4.78, 5) is 5.67. The highest BCUT2D eigenvalue weighted by Crippen LogP contribution is 2.17. The second kappa shape index (κ2) is 6.33. The maximum Gasteiger partial charge on any atom is 0.0900 e. The van der Waals surface area contributed by atoms with E-state index >= 15 is 0 Å². The topological polar surface area (TPSA) is 45.2 Å². The summed E-state index contributed by atoms with van der Waals surface area (Å²) in [6.45, 7) is 9.43. The maximum absolute atomic E-state index is 9.25. The molecule has 16 heavy (non-hydrogen) atoms. The molecule has 0 spiro atoms. The van der Waals surface area contributed by atoms with E-state index in [1.807, 2.05) is 13.8 Å². The Hall–Kier alpha value is -0.450. The molecule has 0 aromatic carbocycles. The molecule has 0 saturated carbocycles. The molecular weight excluding hydrogens is 220 g/mol. The predicted molar refractivity (Wildman–Crippen MR) is 68.8 cm³/mol. The highest BCUT2D eigenvalue weighted by molar-refractivity contribution is 7.11. The highest BCUT2D eigenvalue weighted by atomic mass is 32.1. The number of hydrogen-bond acceptors (Lipinski definition) is 4. The van der Waals surface area contributed by atoms with Crippen LogP contribution in [0.3, 0.4) is 0 Å². The van der Waals surface area contributed by atoms with E-state index in [4.69, 9.17) is 0 Å². The zero-order chi connectivity index (χ0) is 12.1. The summed E-state index contributed by atoms with van der Waals surface area (Å²) in [7, 11) is 0. The largest absolute Gasteiger partial charge is 0.395 e. The smallest absolute Gasteiger partial charge is 0.0900 e. The molecule has 0 aliphatic carbocycles. The summed E-state index contributed by atoms with van der Waals surface area (Å²) in [5, 5.41) is 13.8. The van der Waals surface area contributed by atoms with E-state index in [1.165, 1.54) is 4.88 Å². The Morgan fingerprint density at radius 1 is 1.38 bits per heavy atom. The average Bonchev–Trinajstić information content (AvgIpc) is 2.51. The van der Waals surface area contributed by atoms with E-state index in [0.29, 0.717) is 5.92 Å². The lowest BCUT2D eigenvalue weighted by Gasteiger charge is -2.17. The highest BCUT2D eigenvalue weighted by Gasteiger charge is 2.11. The van der Waals surface area contributed by atoms with E-state index in [9.17, 15) is 5.11 Å². The molecule has 3 nitrogen and oxygen atoms in total. The predicted octanol–water partition coefficient (Wildman–Crippen LogP) is 2.26. The van der Waals surface area contributed by atoms with Gasteiger partial charge in [-0.1, -0.05) is 13.8 Å². The van der Waals surface area contributed by atoms with Gasteiger partial charge in [-0.2, -0.15) is 0 Å². The number of aliphatic hydroxyl groups excluding tert-OH is 1. The number of nitrogens with zero attached hydrogens (tertiary/aromatic N) is 1. The molecule has 1 aromatic rings. The van der Waals surface area contributed by atoms with E-state index in [0.717, 1.165) is 23.7 Å². The summed E-state index contributed by atoms with van der Waals surface area (Å²) >= 11 is 1.73. The van der Waals surface area contributed by atoms with Crippen molar-refractivity contribution in [1.82, 2.24) is 10.3 Å². The summed E-state index contributed by atoms with van der Waals surface area (Å²) in [5.41, 5.74) is 1.11. The molecule has 2 N–H and O–H groups in total. The molecule has 1 rings (SSSR count). The third-order valence-corrected chi connectivity index (χ3v) is 3.60. The van der Waals surface area contributed by atoms with Crippen LogP contribution < -0.4 is 5.32 Å². The van der Waals surface area contributed by atoms with Gasteiger partial charge < -0.3 is 10.4 Å². The fourth-order valence-electron chi connectivity index (χ4n) is 1.77. The standard InChI is InChI=1S/C12H22N2OS/c1-8(2)5-11(7-15)13-6-12-9(3)14-10(4)16-12/h8,11,13,15H,5-7H2,1-4H3. The normalized spacial score (nSPS) is 13.4. The van der Waals surface area contributed by atoms with E-state index < -0.39 is 0 Å². The van der Waals surface area contributed by atoms with Crippen LogP contribution in [0.1, 0.15) is 35.8 Å². The lowest BCUT2D eigenvalue weighted by atomic mass is 10.0. The maximum atomic E-state index is 9.25. The second-order valence-corrected chi connectivity index (χ2v) is 5.92. The van der Waals surface area contributed by atoms with Gasteiger partial charge >= 0.3 is 0 Å². The van der Waals surface area contributed by atoms with Crippen molar-refractivity contribution in [2.45, 2.75) is 46.7 Å². The Kier molecular flexibility index (Phi) is 5.38. The Morgan fingerprint density at radius 3 is 2.50 bits per heavy atom. The zero-order valence-corrected chi connectivity index (χ0v) is 11.4. The van der Waals surface area contributed by atoms with Gasteiger partial charge in [0.05, 0.1) is 17.3 Å². The van der Waals surface area contributed by atoms with Crippen molar-refractivity contribution in [1.29, 1.82) is 0 Å². The minimum absolute atomic E-state index is 0.196. The quantitative estimate of drug-likeness (QED) is 0.804. The van der Waals surface area contributed by atoms with Crippen LogP contribution in [0.25, 0.3) is 0 Å². The lowest BCUT2D eigenvalue weighted by molar-refractivity contribution is 0.224. The Bertz CT molecular complexity index is 323. The van der Waals surface area contributed by atoms with Crippen molar-refractivity contribution in [3.63, 3.8) is 0 Å². The third-order valence-electron chi connectivity index (χ3n) is 2.53. The van der Waals surface area contributed by atoms with Crippen molar-refractivity contribution < 1.29 is 5.11 Å². The van der Waals surface area contributed by atoms with Crippen molar-refractivity contribution in [2.75, 3.05) is 6.61 Å². The fraction of sp³-hybridized carbons (Fsp3) is 0.750. The SMILES string of the molecule is Cc1nc(C)c(CNC(CO)CC(C)C)s1. The first kappa shape index (κ1) is 13.6. The van der Waals surface area contributed by atoms with Crippen LogP contribution in [0, 0.1) is 19.8 Å². The van der Waals surface area contributed by atoms with Crippen LogP contribution in [0.5, 0.6) is 0 Å². The number of aryl methyl sites for hydroxylation is 2. The molecule has 0 aliphatic heterocycles. The van der Waals surface area contributed by atoms with Gasteiger partial charge in [0.1, 0.15) is 0 Å². The van der Waals surface area contributed by atoms with Gasteiger partial charge in [-0.05, 0) is 26.2 Å². The van der Waals surface area contributed by atoms with Crippen LogP contribution in [0.2, 0.25) is 0 Å². The molecule has 92 valence electrons. The number of hydrogen-bond donors (Lipinski definition) is 2. The molecule has 1 atom stereocenters. The van der Waals surface area contributed by atoms with Crippen molar-refractivity contribution in [3.8, 4) is 0 Å². The van der Waals surface area contributed by atoms with Gasteiger partial charge in [0.2, 0.25) is 0 Å². The van der Waals surface area contributed by atoms with Gasteiger partial charge in [0.25, 0.3) is 0 Å². The molecule has 4 heteroatoms. The van der Waals surface area contributed by atoms with E-state index in [2.05, 4.69) is 24.1 Å². The van der Waals surface area contributed by atoms with E-state index in [-0.39, 0.29) is 12.6 Å². The summed E-state index contributed by atoms with van der Waals surface area (Å²) in [6, 6.07) is 0.196. The molecule has 0 amide bonds. The van der Waals surface area contributed by atoms with Crippen molar-refractivity contribution in [2.24, 2.45) is 5.92 Å². The van der Waals surface area contributed by atoms with Crippen molar-refractivity contribution in [3.05, 3.63) is 15.6 Å². The van der Waals surface area contributed by atoms with Crippen LogP contribution in [0.15, 0.2) is 0 Å². The second-order valence-electron chi connectivity index (χ2n) is 4.63. The zero-order valence-electron chi connectivity index (χ0n) is 10.6. The van der Waals surface area contributed by atoms with Gasteiger partial charge in [0, 0.05) is 17.5 Å². The number of rotatable bonds is 6. The minimum atomic E-state index is 0.196. The van der Waals surface area contributed by atoms with Gasteiger partial charge in [-0.25, -0.2) is 4.98 Å². The molecule has 1 heterocycles. The Morgan fingerprint density at radius 2 is 2.06 bits per heavy atom. The first-order valence-corrected chi connectivity index (χ1v) is 6.61. The summed E-state index contributed by atoms with van der Waals surface area (Å²) < 4.78 is 0. The Labute approximate surface area is 102 Å². The molecule has 1 aromatic heterocycles. The van der Waals surface area contributed by atoms with Crippen LogP contribution in [0.4, 0.5) is 0 Å². The molecular formula is C12H22N2OS. The monoisotopic (exact) mass is 242 g/mol. The number of nitrogens with one attached hydrogen (secondary N) is 1. The lowest BCUT2D eigenvalue weighted by Crippen LogP contribution is -2.33. The van der Waals surface area contributed by atoms with Gasteiger partial charge in [-0.15, -0.1) is 11.3 Å². The average molecular weight is 242 g/mol. The van der Waals surface area contributed by atoms with Gasteiger partial charge in [-0.3, -0.25) is 0 Å². The molecule has 0 fully saturated rings. The van der Waals surface area contributed by atoms with Crippen molar-refractivity contribution >= 4 is 11.3 Å². The number of aromatic nitrogens is 1. The molecule has 0 saturated heterocycles. The Balaban J connectivity index is 2.46. The van der Waals surface area contributed by atoms with Crippen LogP contribution >= 0.6 is 11.3 Å². The minimum Gasteiger partial charge on any atom is -0.395 e. The molecule has 0 aliphatic rings. The number of thiazole rings is 1. The first-order chi connectivity index (χ1) is 7.52. The van der Waals surface area contributed by atoms with Crippen LogP contribution in [-0.2, 0) is 6.54 Å². The first-order valence-electron chi connectivity index (χ1n) is 5.80. The van der Waals surface area contributed by atoms with E-state index in [1.54, 1.807) is 11.3 Å². The molecule has 0 radical (unpaired) electrons. The van der Waals surface area contributed by atoms with Crippen LogP contribution in [-0.4, -0.2) is 22.7 Å². The summed E-state index contributed by atoms with van der Waals surface area (Å²) in [5.74, 6) is 0.606. The number of aliphatic hydroxyl groups is 1. The fourth-order valence-corrected chi connectivity index (χ4v) is 2.65. The third kappa shape index (κ3) is 4.20. The van der Waals surface area contributed by atoms with Gasteiger partial charge in [0.15, 0.2) is 0 Å². The molecule has 0 bridgehead atoms. The molecule has 1 unspecified atom stereocenters. The summed E-state index contributed by atoms with van der Waals surface area (Å²) in [6.07, 6.45) is 1.01.